The molecule has 1 fully saturated rings. The number of rotatable bonds is 12. The van der Waals surface area contributed by atoms with Gasteiger partial charge >= 0.3 is 0 Å². The fourth-order valence-corrected chi connectivity index (χ4v) is 4.94. The van der Waals surface area contributed by atoms with Gasteiger partial charge in [0.15, 0.2) is 11.5 Å². The van der Waals surface area contributed by atoms with Crippen molar-refractivity contribution in [3.8, 4) is 17.2 Å². The molecule has 2 aromatic carbocycles. The fraction of sp³-hybridized carbons (Fsp3) is 0.586. The summed E-state index contributed by atoms with van der Waals surface area (Å²) < 4.78 is 17.2. The van der Waals surface area contributed by atoms with E-state index in [1.54, 1.807) is 7.11 Å². The molecule has 0 spiro atoms. The summed E-state index contributed by atoms with van der Waals surface area (Å²) in [6.45, 7) is 10.1. The Kier molecular flexibility index (Phi) is 9.93. The molecule has 1 aliphatic carbocycles. The number of methoxy groups -OCH3 is 1. The Hall–Kier alpha value is -2.20. The zero-order valence-corrected chi connectivity index (χ0v) is 21.2. The van der Waals surface area contributed by atoms with Crippen molar-refractivity contribution in [2.75, 3.05) is 13.7 Å². The molecule has 4 heteroatoms. The van der Waals surface area contributed by atoms with Gasteiger partial charge in [-0.1, -0.05) is 37.5 Å². The Bertz CT molecular complexity index is 825. The summed E-state index contributed by atoms with van der Waals surface area (Å²) in [6.07, 6.45) is 8.31. The minimum absolute atomic E-state index is 0.121. The highest BCUT2D eigenvalue weighted by Crippen LogP contribution is 2.38. The van der Waals surface area contributed by atoms with Gasteiger partial charge in [-0.15, -0.1) is 0 Å². The van der Waals surface area contributed by atoms with Crippen LogP contribution in [0.25, 0.3) is 0 Å². The van der Waals surface area contributed by atoms with Gasteiger partial charge in [0.1, 0.15) is 5.75 Å². The SMILES string of the molecule is COc1ccc(CNCC[C@@H](c2ccc(OC(C)C)cc2)C2CCCCC2)cc1OC(C)C. The third-order valence-electron chi connectivity index (χ3n) is 6.45. The van der Waals surface area contributed by atoms with Gasteiger partial charge in [-0.25, -0.2) is 0 Å². The molecule has 0 unspecified atom stereocenters. The van der Waals surface area contributed by atoms with E-state index in [0.717, 1.165) is 42.7 Å². The van der Waals surface area contributed by atoms with E-state index in [1.165, 1.54) is 43.2 Å². The second kappa shape index (κ2) is 12.9. The predicted octanol–water partition coefficient (Wildman–Crippen LogP) is 7.11. The summed E-state index contributed by atoms with van der Waals surface area (Å²) >= 11 is 0. The summed E-state index contributed by atoms with van der Waals surface area (Å²) in [5.41, 5.74) is 2.67. The van der Waals surface area contributed by atoms with Crippen LogP contribution in [0.15, 0.2) is 42.5 Å². The van der Waals surface area contributed by atoms with Crippen molar-refractivity contribution in [3.63, 3.8) is 0 Å². The van der Waals surface area contributed by atoms with Crippen LogP contribution in [0.3, 0.4) is 0 Å². The molecule has 4 nitrogen and oxygen atoms in total. The minimum Gasteiger partial charge on any atom is -0.493 e. The molecule has 2 aromatic rings. The molecule has 0 aromatic heterocycles. The summed E-state index contributed by atoms with van der Waals surface area (Å²) in [4.78, 5) is 0. The molecule has 0 heterocycles. The molecule has 33 heavy (non-hydrogen) atoms. The van der Waals surface area contributed by atoms with E-state index in [4.69, 9.17) is 14.2 Å². The molecule has 1 atom stereocenters. The lowest BCUT2D eigenvalue weighted by atomic mass is 9.75. The molecule has 182 valence electrons. The molecule has 1 aliphatic rings. The second-order valence-corrected chi connectivity index (χ2v) is 9.86. The lowest BCUT2D eigenvalue weighted by molar-refractivity contribution is 0.230. The number of hydrogen-bond donors (Lipinski definition) is 1. The third kappa shape index (κ3) is 7.96. The maximum Gasteiger partial charge on any atom is 0.161 e. The van der Waals surface area contributed by atoms with Gasteiger partial charge in [-0.3, -0.25) is 0 Å². The Morgan fingerprint density at radius 3 is 2.18 bits per heavy atom. The van der Waals surface area contributed by atoms with Crippen LogP contribution in [0.1, 0.15) is 83.3 Å². The van der Waals surface area contributed by atoms with Crippen LogP contribution in [0.2, 0.25) is 0 Å². The molecular formula is C29H43NO3. The first-order chi connectivity index (χ1) is 16.0. The van der Waals surface area contributed by atoms with Crippen molar-refractivity contribution in [2.24, 2.45) is 5.92 Å². The molecule has 0 radical (unpaired) electrons. The predicted molar refractivity (Wildman–Crippen MR) is 137 cm³/mol. The molecule has 0 saturated heterocycles. The lowest BCUT2D eigenvalue weighted by Gasteiger charge is -2.31. The molecular weight excluding hydrogens is 410 g/mol. The first kappa shape index (κ1) is 25.4. The second-order valence-electron chi connectivity index (χ2n) is 9.86. The van der Waals surface area contributed by atoms with Crippen LogP contribution in [-0.4, -0.2) is 25.9 Å². The van der Waals surface area contributed by atoms with Crippen LogP contribution in [0, 0.1) is 5.92 Å². The van der Waals surface area contributed by atoms with Crippen molar-refractivity contribution < 1.29 is 14.2 Å². The topological polar surface area (TPSA) is 39.7 Å². The third-order valence-corrected chi connectivity index (χ3v) is 6.45. The number of hydrogen-bond acceptors (Lipinski definition) is 4. The Morgan fingerprint density at radius 1 is 0.848 bits per heavy atom. The van der Waals surface area contributed by atoms with Gasteiger partial charge in [-0.05, 0) is 101 Å². The first-order valence-electron chi connectivity index (χ1n) is 12.8. The van der Waals surface area contributed by atoms with Crippen molar-refractivity contribution in [2.45, 2.75) is 90.9 Å². The van der Waals surface area contributed by atoms with Gasteiger partial charge in [0.25, 0.3) is 0 Å². The zero-order valence-electron chi connectivity index (χ0n) is 21.2. The monoisotopic (exact) mass is 453 g/mol. The van der Waals surface area contributed by atoms with Gasteiger partial charge in [0.2, 0.25) is 0 Å². The van der Waals surface area contributed by atoms with E-state index in [9.17, 15) is 0 Å². The Labute approximate surface area is 201 Å². The Balaban J connectivity index is 1.60. The molecule has 1 N–H and O–H groups in total. The summed E-state index contributed by atoms with van der Waals surface area (Å²) in [5, 5.41) is 3.68. The molecule has 1 saturated carbocycles. The quantitative estimate of drug-likeness (QED) is 0.348. The highest BCUT2D eigenvalue weighted by molar-refractivity contribution is 5.43. The van der Waals surface area contributed by atoms with E-state index in [2.05, 4.69) is 55.6 Å². The number of nitrogens with one attached hydrogen (secondary N) is 1. The Morgan fingerprint density at radius 2 is 1.55 bits per heavy atom. The normalized spacial score (nSPS) is 15.6. The maximum absolute atomic E-state index is 5.93. The standard InChI is InChI=1S/C29H43NO3/c1-21(2)32-26-14-12-25(13-15-26)27(24-9-7-6-8-10-24)17-18-30-20-23-11-16-28(31-5)29(19-23)33-22(3)4/h11-16,19,21-22,24,27,30H,6-10,17-18,20H2,1-5H3/t27-/m1/s1. The summed E-state index contributed by atoms with van der Waals surface area (Å²) in [5.74, 6) is 3.95. The van der Waals surface area contributed by atoms with Crippen molar-refractivity contribution in [3.05, 3.63) is 53.6 Å². The number of benzene rings is 2. The van der Waals surface area contributed by atoms with Crippen molar-refractivity contribution >= 4 is 0 Å². The minimum atomic E-state index is 0.121. The summed E-state index contributed by atoms with van der Waals surface area (Å²) in [7, 11) is 1.69. The highest BCUT2D eigenvalue weighted by atomic mass is 16.5. The molecule has 0 amide bonds. The fourth-order valence-electron chi connectivity index (χ4n) is 4.94. The van der Waals surface area contributed by atoms with E-state index in [0.29, 0.717) is 5.92 Å². The average Bonchev–Trinajstić information content (AvgIpc) is 2.80. The lowest BCUT2D eigenvalue weighted by Crippen LogP contribution is -2.22. The summed E-state index contributed by atoms with van der Waals surface area (Å²) in [6, 6.07) is 15.1. The zero-order chi connectivity index (χ0) is 23.6. The van der Waals surface area contributed by atoms with E-state index in [-0.39, 0.29) is 12.2 Å². The maximum atomic E-state index is 5.93. The van der Waals surface area contributed by atoms with E-state index < -0.39 is 0 Å². The van der Waals surface area contributed by atoms with Gasteiger partial charge in [0.05, 0.1) is 19.3 Å². The van der Waals surface area contributed by atoms with Crippen LogP contribution < -0.4 is 19.5 Å². The van der Waals surface area contributed by atoms with Gasteiger partial charge in [0, 0.05) is 6.54 Å². The highest BCUT2D eigenvalue weighted by Gasteiger charge is 2.25. The molecule has 0 bridgehead atoms. The smallest absolute Gasteiger partial charge is 0.161 e. The van der Waals surface area contributed by atoms with E-state index in [1.807, 2.05) is 19.9 Å². The van der Waals surface area contributed by atoms with Crippen molar-refractivity contribution in [1.29, 1.82) is 0 Å². The largest absolute Gasteiger partial charge is 0.493 e. The van der Waals surface area contributed by atoms with Crippen LogP contribution in [-0.2, 0) is 6.54 Å². The van der Waals surface area contributed by atoms with E-state index >= 15 is 0 Å². The average molecular weight is 454 g/mol. The van der Waals surface area contributed by atoms with Crippen molar-refractivity contribution in [1.82, 2.24) is 5.32 Å². The molecule has 3 rings (SSSR count). The van der Waals surface area contributed by atoms with Gasteiger partial charge in [-0.2, -0.15) is 0 Å². The first-order valence-corrected chi connectivity index (χ1v) is 12.8. The van der Waals surface area contributed by atoms with Crippen LogP contribution in [0.4, 0.5) is 0 Å². The van der Waals surface area contributed by atoms with Crippen LogP contribution >= 0.6 is 0 Å². The van der Waals surface area contributed by atoms with Gasteiger partial charge < -0.3 is 19.5 Å². The molecule has 0 aliphatic heterocycles. The van der Waals surface area contributed by atoms with Crippen LogP contribution in [0.5, 0.6) is 17.2 Å². The number of ether oxygens (including phenoxy) is 3.